The van der Waals surface area contributed by atoms with Crippen LogP contribution >= 0.6 is 0 Å². The van der Waals surface area contributed by atoms with Gasteiger partial charge >= 0.3 is 0 Å². The van der Waals surface area contributed by atoms with Crippen molar-refractivity contribution in [3.05, 3.63) is 12.3 Å². The lowest BCUT2D eigenvalue weighted by atomic mass is 9.98. The Hall–Kier alpha value is -2.30. The molecule has 0 bridgehead atoms. The van der Waals surface area contributed by atoms with Crippen LogP contribution in [0.2, 0.25) is 0 Å². The van der Waals surface area contributed by atoms with E-state index in [1.807, 2.05) is 0 Å². The van der Waals surface area contributed by atoms with E-state index in [0.29, 0.717) is 18.2 Å². The van der Waals surface area contributed by atoms with E-state index in [-0.39, 0.29) is 11.1 Å². The molecule has 0 saturated heterocycles. The Balaban J connectivity index is 1.83. The summed E-state index contributed by atoms with van der Waals surface area (Å²) in [6.07, 6.45) is 7.63. The zero-order chi connectivity index (χ0) is 18.0. The molecule has 1 atom stereocenters. The van der Waals surface area contributed by atoms with Gasteiger partial charge in [0.15, 0.2) is 11.9 Å². The van der Waals surface area contributed by atoms with Crippen molar-refractivity contribution in [2.75, 3.05) is 11.6 Å². The number of nitrogens with zero attached hydrogens (tertiary/aromatic N) is 6. The fourth-order valence-electron chi connectivity index (χ4n) is 3.05. The van der Waals surface area contributed by atoms with Gasteiger partial charge in [0.2, 0.25) is 9.84 Å². The monoisotopic (exact) mass is 367 g/mol. The molecule has 136 valence electrons. The predicted octanol–water partition coefficient (Wildman–Crippen LogP) is 0.570. The van der Waals surface area contributed by atoms with Gasteiger partial charge in [0.1, 0.15) is 0 Å². The van der Waals surface area contributed by atoms with Gasteiger partial charge in [-0.15, -0.1) is 5.10 Å². The summed E-state index contributed by atoms with van der Waals surface area (Å²) in [4.78, 5) is 13.8. The molecule has 0 radical (unpaired) electrons. The van der Waals surface area contributed by atoms with Crippen LogP contribution < -0.4 is 5.32 Å². The second kappa shape index (κ2) is 6.90. The third-order valence-electron chi connectivity index (χ3n) is 4.32. The smallest absolute Gasteiger partial charge is 0.288 e. The maximum Gasteiger partial charge on any atom is 0.288 e. The molecule has 10 nitrogen and oxygen atoms in total. The molecule has 1 amide bonds. The van der Waals surface area contributed by atoms with Gasteiger partial charge in [-0.3, -0.25) is 9.48 Å². The van der Waals surface area contributed by atoms with Gasteiger partial charge in [0.05, 0.1) is 0 Å². The predicted molar refractivity (Wildman–Crippen MR) is 88.4 cm³/mol. The van der Waals surface area contributed by atoms with Crippen molar-refractivity contribution in [2.45, 2.75) is 43.3 Å². The SMILES string of the molecule is Cn1ccc(NC(=O)[C@H](CC2CCCC2)n2nnc(S(C)(=O)=O)n2)n1. The van der Waals surface area contributed by atoms with Crippen LogP contribution in [0.4, 0.5) is 5.82 Å². The lowest BCUT2D eigenvalue weighted by Gasteiger charge is -2.18. The number of aryl methyl sites for hydroxylation is 1. The molecule has 0 aromatic carbocycles. The van der Waals surface area contributed by atoms with Crippen LogP contribution in [0.15, 0.2) is 17.4 Å². The molecule has 1 aliphatic carbocycles. The lowest BCUT2D eigenvalue weighted by Crippen LogP contribution is -2.29. The third kappa shape index (κ3) is 4.21. The summed E-state index contributed by atoms with van der Waals surface area (Å²) >= 11 is 0. The number of hydrogen-bond acceptors (Lipinski definition) is 7. The fourth-order valence-corrected chi connectivity index (χ4v) is 3.47. The maximum atomic E-state index is 12.7. The Morgan fingerprint density at radius 2 is 2.08 bits per heavy atom. The first-order valence-corrected chi connectivity index (χ1v) is 10.0. The molecule has 0 unspecified atom stereocenters. The number of anilines is 1. The Labute approximate surface area is 145 Å². The number of aromatic nitrogens is 6. The number of nitrogens with one attached hydrogen (secondary N) is 1. The van der Waals surface area contributed by atoms with Crippen LogP contribution in [0.5, 0.6) is 0 Å². The molecule has 25 heavy (non-hydrogen) atoms. The first-order chi connectivity index (χ1) is 11.8. The Morgan fingerprint density at radius 3 is 2.64 bits per heavy atom. The van der Waals surface area contributed by atoms with E-state index in [4.69, 9.17) is 0 Å². The standard InChI is InChI=1S/C14H21N7O3S/c1-20-8-7-12(17-20)15-13(22)11(9-10-5-3-4-6-10)21-18-14(16-19-21)25(2,23)24/h7-8,10-11H,3-6,9H2,1-2H3,(H,15,17,22)/t11-/m0/s1. The van der Waals surface area contributed by atoms with Crippen LogP contribution in [0.3, 0.4) is 0 Å². The van der Waals surface area contributed by atoms with Crippen LogP contribution in [0, 0.1) is 5.92 Å². The molecule has 2 heterocycles. The molecule has 2 aromatic heterocycles. The van der Waals surface area contributed by atoms with Crippen molar-refractivity contribution in [2.24, 2.45) is 13.0 Å². The van der Waals surface area contributed by atoms with E-state index >= 15 is 0 Å². The van der Waals surface area contributed by atoms with Crippen molar-refractivity contribution in [3.63, 3.8) is 0 Å². The van der Waals surface area contributed by atoms with E-state index in [1.165, 1.54) is 0 Å². The zero-order valence-corrected chi connectivity index (χ0v) is 15.0. The molecule has 3 rings (SSSR count). The Morgan fingerprint density at radius 1 is 1.36 bits per heavy atom. The molecule has 1 N–H and O–H groups in total. The van der Waals surface area contributed by atoms with E-state index < -0.39 is 15.9 Å². The van der Waals surface area contributed by atoms with Crippen molar-refractivity contribution >= 4 is 21.6 Å². The summed E-state index contributed by atoms with van der Waals surface area (Å²) in [6, 6.07) is 0.953. The van der Waals surface area contributed by atoms with E-state index in [9.17, 15) is 13.2 Å². The molecular weight excluding hydrogens is 346 g/mol. The van der Waals surface area contributed by atoms with Crippen molar-refractivity contribution < 1.29 is 13.2 Å². The molecule has 0 aliphatic heterocycles. The Bertz CT molecular complexity index is 851. The number of hydrogen-bond donors (Lipinski definition) is 1. The molecule has 11 heteroatoms. The molecule has 1 fully saturated rings. The molecule has 0 spiro atoms. The average molecular weight is 367 g/mol. The first-order valence-electron chi connectivity index (χ1n) is 8.13. The van der Waals surface area contributed by atoms with E-state index in [1.54, 1.807) is 24.0 Å². The Kier molecular flexibility index (Phi) is 4.84. The second-order valence-electron chi connectivity index (χ2n) is 6.43. The maximum absolute atomic E-state index is 12.7. The summed E-state index contributed by atoms with van der Waals surface area (Å²) in [5, 5.41) is 17.8. The minimum Gasteiger partial charge on any atom is -0.307 e. The van der Waals surface area contributed by atoms with Crippen LogP contribution in [-0.2, 0) is 21.7 Å². The average Bonchev–Trinajstić information content (AvgIpc) is 3.25. The van der Waals surface area contributed by atoms with Gasteiger partial charge in [-0.05, 0) is 17.6 Å². The second-order valence-corrected chi connectivity index (χ2v) is 8.34. The van der Waals surface area contributed by atoms with Gasteiger partial charge in [0.25, 0.3) is 11.1 Å². The summed E-state index contributed by atoms with van der Waals surface area (Å²) in [5.41, 5.74) is 0. The van der Waals surface area contributed by atoms with Gasteiger partial charge < -0.3 is 5.32 Å². The molecule has 1 aliphatic rings. The number of amides is 1. The largest absolute Gasteiger partial charge is 0.307 e. The molecule has 2 aromatic rings. The first kappa shape index (κ1) is 17.5. The minimum absolute atomic E-state index is 0.331. The number of carbonyl (C=O) groups excluding carboxylic acids is 1. The minimum atomic E-state index is -3.58. The van der Waals surface area contributed by atoms with Gasteiger partial charge in [-0.2, -0.15) is 9.90 Å². The highest BCUT2D eigenvalue weighted by Gasteiger charge is 2.30. The topological polar surface area (TPSA) is 125 Å². The van der Waals surface area contributed by atoms with Crippen LogP contribution in [0.25, 0.3) is 0 Å². The third-order valence-corrected chi connectivity index (χ3v) is 5.15. The summed E-state index contributed by atoms with van der Waals surface area (Å²) in [5.74, 6) is 0.475. The number of carbonyl (C=O) groups is 1. The number of sulfone groups is 1. The van der Waals surface area contributed by atoms with Gasteiger partial charge in [-0.1, -0.05) is 30.8 Å². The van der Waals surface area contributed by atoms with Crippen LogP contribution in [-0.4, -0.2) is 50.6 Å². The summed E-state index contributed by atoms with van der Waals surface area (Å²) in [6.45, 7) is 0. The van der Waals surface area contributed by atoms with Gasteiger partial charge in [-0.25, -0.2) is 8.42 Å². The number of tetrazole rings is 1. The van der Waals surface area contributed by atoms with Crippen molar-refractivity contribution in [1.82, 2.24) is 30.0 Å². The zero-order valence-electron chi connectivity index (χ0n) is 14.2. The van der Waals surface area contributed by atoms with E-state index in [2.05, 4.69) is 25.8 Å². The van der Waals surface area contributed by atoms with Crippen molar-refractivity contribution in [1.29, 1.82) is 0 Å². The lowest BCUT2D eigenvalue weighted by molar-refractivity contribution is -0.120. The van der Waals surface area contributed by atoms with E-state index in [0.717, 1.165) is 36.7 Å². The highest BCUT2D eigenvalue weighted by molar-refractivity contribution is 7.90. The normalized spacial score (nSPS) is 16.9. The number of rotatable bonds is 6. The fraction of sp³-hybridized carbons (Fsp3) is 0.643. The molecule has 1 saturated carbocycles. The van der Waals surface area contributed by atoms with Crippen LogP contribution in [0.1, 0.15) is 38.1 Å². The highest BCUT2D eigenvalue weighted by atomic mass is 32.2. The van der Waals surface area contributed by atoms with Gasteiger partial charge in [0, 0.05) is 25.6 Å². The molecular formula is C14H21N7O3S. The highest BCUT2D eigenvalue weighted by Crippen LogP contribution is 2.32. The summed E-state index contributed by atoms with van der Waals surface area (Å²) < 4.78 is 24.8. The quantitative estimate of drug-likeness (QED) is 0.791. The van der Waals surface area contributed by atoms with Crippen molar-refractivity contribution in [3.8, 4) is 0 Å². The summed E-state index contributed by atoms with van der Waals surface area (Å²) in [7, 11) is -1.82.